The number of H-pyrrole nitrogens is 1. The van der Waals surface area contributed by atoms with Gasteiger partial charge < -0.3 is 10.3 Å². The summed E-state index contributed by atoms with van der Waals surface area (Å²) in [5, 5.41) is 7.46. The van der Waals surface area contributed by atoms with E-state index >= 15 is 0 Å². The van der Waals surface area contributed by atoms with Crippen molar-refractivity contribution in [3.8, 4) is 0 Å². The number of halogens is 1. The highest BCUT2D eigenvalue weighted by Crippen LogP contribution is 2.54. The summed E-state index contributed by atoms with van der Waals surface area (Å²) in [7, 11) is 0. The molecule has 7 rings (SSSR count). The van der Waals surface area contributed by atoms with Gasteiger partial charge in [-0.15, -0.1) is 0 Å². The largest absolute Gasteiger partial charge is 0.361 e. The van der Waals surface area contributed by atoms with Gasteiger partial charge in [-0.05, 0) is 55.3 Å². The Labute approximate surface area is 211 Å². The van der Waals surface area contributed by atoms with E-state index in [2.05, 4.69) is 15.6 Å². The molecule has 4 atom stereocenters. The number of aromatic nitrogens is 1. The van der Waals surface area contributed by atoms with Crippen molar-refractivity contribution in [3.63, 3.8) is 0 Å². The molecule has 0 radical (unpaired) electrons. The first-order chi connectivity index (χ1) is 17.9. The number of carbonyl (C=O) groups excluding carboxylic acids is 3. The predicted molar refractivity (Wildman–Crippen MR) is 136 cm³/mol. The molecule has 4 heterocycles. The molecule has 4 aromatic rings. The molecule has 0 unspecified atom stereocenters. The van der Waals surface area contributed by atoms with Crippen molar-refractivity contribution in [2.24, 2.45) is 11.8 Å². The van der Waals surface area contributed by atoms with Gasteiger partial charge in [-0.3, -0.25) is 19.7 Å². The normalized spacial score (nSPS) is 26.3. The first-order valence-electron chi connectivity index (χ1n) is 12.3. The van der Waals surface area contributed by atoms with E-state index in [0.29, 0.717) is 23.4 Å². The number of aryl methyl sites for hydroxylation is 1. The Hall–Kier alpha value is -4.30. The quantitative estimate of drug-likeness (QED) is 0.378. The number of anilines is 2. The van der Waals surface area contributed by atoms with Crippen LogP contribution in [0.15, 0.2) is 72.9 Å². The number of fused-ring (bicyclic) bond motifs is 5. The molecular formula is C29H23FN4O3. The van der Waals surface area contributed by atoms with Crippen LogP contribution in [0, 0.1) is 24.6 Å². The van der Waals surface area contributed by atoms with E-state index in [9.17, 15) is 18.8 Å². The second kappa shape index (κ2) is 7.60. The molecule has 1 spiro atoms. The summed E-state index contributed by atoms with van der Waals surface area (Å²) in [6, 6.07) is 18.4. The fraction of sp³-hybridized carbons (Fsp3) is 0.207. The van der Waals surface area contributed by atoms with Crippen molar-refractivity contribution in [1.82, 2.24) is 10.3 Å². The maximum atomic E-state index is 14.0. The monoisotopic (exact) mass is 494 g/mol. The Bertz CT molecular complexity index is 1630. The predicted octanol–water partition coefficient (Wildman–Crippen LogP) is 3.78. The van der Waals surface area contributed by atoms with Gasteiger partial charge in [0.05, 0.1) is 17.5 Å². The molecule has 1 aromatic heterocycles. The number of aromatic amines is 1. The van der Waals surface area contributed by atoms with Crippen LogP contribution in [0.1, 0.15) is 16.7 Å². The molecule has 0 bridgehead atoms. The fourth-order valence-corrected chi connectivity index (χ4v) is 6.47. The smallest absolute Gasteiger partial charge is 0.250 e. The number of benzene rings is 3. The zero-order valence-electron chi connectivity index (χ0n) is 19.9. The second-order valence-corrected chi connectivity index (χ2v) is 10.1. The van der Waals surface area contributed by atoms with Gasteiger partial charge in [0.1, 0.15) is 11.4 Å². The number of rotatable bonds is 3. The third kappa shape index (κ3) is 2.93. The molecule has 3 aromatic carbocycles. The number of nitrogens with zero attached hydrogens (tertiary/aromatic N) is 1. The van der Waals surface area contributed by atoms with E-state index in [-0.39, 0.29) is 11.8 Å². The van der Waals surface area contributed by atoms with Crippen molar-refractivity contribution < 1.29 is 18.8 Å². The maximum Gasteiger partial charge on any atom is 0.250 e. The van der Waals surface area contributed by atoms with Gasteiger partial charge in [0, 0.05) is 34.4 Å². The lowest BCUT2D eigenvalue weighted by Gasteiger charge is -2.29. The van der Waals surface area contributed by atoms with Gasteiger partial charge in [0.15, 0.2) is 0 Å². The highest BCUT2D eigenvalue weighted by molar-refractivity contribution is 6.25. The zero-order chi connectivity index (χ0) is 25.5. The number of para-hydroxylation sites is 1. The number of hydrogen-bond acceptors (Lipinski definition) is 4. The van der Waals surface area contributed by atoms with Crippen LogP contribution < -0.4 is 15.5 Å². The molecule has 37 heavy (non-hydrogen) atoms. The Kier molecular flexibility index (Phi) is 4.51. The Morgan fingerprint density at radius 1 is 0.973 bits per heavy atom. The molecule has 3 amide bonds. The highest BCUT2D eigenvalue weighted by atomic mass is 19.1. The third-order valence-corrected chi connectivity index (χ3v) is 8.07. The summed E-state index contributed by atoms with van der Waals surface area (Å²) in [5.41, 5.74) is 3.14. The topological polar surface area (TPSA) is 94.3 Å². The molecule has 0 aliphatic carbocycles. The first-order valence-corrected chi connectivity index (χ1v) is 12.3. The van der Waals surface area contributed by atoms with Gasteiger partial charge in [-0.2, -0.15) is 0 Å². The molecule has 3 aliphatic rings. The minimum absolute atomic E-state index is 0.301. The minimum atomic E-state index is -1.38. The van der Waals surface area contributed by atoms with Crippen LogP contribution in [0.5, 0.6) is 0 Å². The lowest BCUT2D eigenvalue weighted by atomic mass is 9.76. The summed E-state index contributed by atoms with van der Waals surface area (Å²) in [4.78, 5) is 46.1. The third-order valence-electron chi connectivity index (χ3n) is 8.07. The number of carbonyl (C=O) groups is 3. The second-order valence-electron chi connectivity index (χ2n) is 10.1. The molecule has 2 saturated heterocycles. The average molecular weight is 495 g/mol. The molecule has 0 saturated carbocycles. The van der Waals surface area contributed by atoms with Crippen LogP contribution in [-0.2, 0) is 26.3 Å². The van der Waals surface area contributed by atoms with E-state index in [0.717, 1.165) is 26.9 Å². The Morgan fingerprint density at radius 2 is 1.76 bits per heavy atom. The van der Waals surface area contributed by atoms with Crippen molar-refractivity contribution in [1.29, 1.82) is 0 Å². The summed E-state index contributed by atoms with van der Waals surface area (Å²) in [5.74, 6) is -3.36. The first kappa shape index (κ1) is 21.9. The van der Waals surface area contributed by atoms with E-state index in [4.69, 9.17) is 0 Å². The molecular weight excluding hydrogens is 471 g/mol. The fourth-order valence-electron chi connectivity index (χ4n) is 6.47. The lowest BCUT2D eigenvalue weighted by Crippen LogP contribution is -2.53. The van der Waals surface area contributed by atoms with Crippen LogP contribution in [0.4, 0.5) is 15.8 Å². The van der Waals surface area contributed by atoms with Crippen LogP contribution in [-0.4, -0.2) is 28.7 Å². The molecule has 7 nitrogen and oxygen atoms in total. The van der Waals surface area contributed by atoms with Crippen LogP contribution in [0.3, 0.4) is 0 Å². The molecule has 3 aliphatic heterocycles. The van der Waals surface area contributed by atoms with Crippen LogP contribution in [0.2, 0.25) is 0 Å². The van der Waals surface area contributed by atoms with Crippen LogP contribution >= 0.6 is 0 Å². The van der Waals surface area contributed by atoms with Gasteiger partial charge in [-0.25, -0.2) is 9.29 Å². The van der Waals surface area contributed by atoms with Gasteiger partial charge in [-0.1, -0.05) is 35.9 Å². The van der Waals surface area contributed by atoms with Gasteiger partial charge in [0.25, 0.3) is 0 Å². The summed E-state index contributed by atoms with van der Waals surface area (Å²) in [6.45, 7) is 1.93. The number of nitrogens with one attached hydrogen (secondary N) is 3. The average Bonchev–Trinajstić information content (AvgIpc) is 3.59. The number of hydrogen-bond donors (Lipinski definition) is 3. The molecule has 184 valence electrons. The summed E-state index contributed by atoms with van der Waals surface area (Å²) < 4.78 is 13.6. The zero-order valence-corrected chi connectivity index (χ0v) is 19.9. The van der Waals surface area contributed by atoms with E-state index in [1.807, 2.05) is 55.6 Å². The van der Waals surface area contributed by atoms with Crippen molar-refractivity contribution >= 4 is 40.0 Å². The SMILES string of the molecule is Cc1ccc2c(c1)[C@]1(N[C@@H](Cc3c[nH]c4ccccc34)[C@H]3C(=O)N(c4ccc(F)cc4)C(=O)[C@H]31)C(=O)N2. The maximum absolute atomic E-state index is 14.0. The molecule has 2 fully saturated rings. The standard InChI is InChI=1S/C29H23FN4O3/c1-15-6-11-22-20(12-15)29(28(37)32-22)25-24(26(35)34(27(25)36)18-9-7-17(30)8-10-18)23(33-29)13-16-14-31-21-5-3-2-4-19(16)21/h2-12,14,23-25,31,33H,13H2,1H3,(H,32,37)/t23-,24+,25-,29+/m0/s1. The molecule has 3 N–H and O–H groups in total. The molecule has 8 heteroatoms. The van der Waals surface area contributed by atoms with Crippen molar-refractivity contribution in [2.75, 3.05) is 10.2 Å². The van der Waals surface area contributed by atoms with Gasteiger partial charge in [0.2, 0.25) is 17.7 Å². The Morgan fingerprint density at radius 3 is 2.57 bits per heavy atom. The van der Waals surface area contributed by atoms with E-state index in [1.54, 1.807) is 0 Å². The van der Waals surface area contributed by atoms with E-state index < -0.39 is 35.1 Å². The van der Waals surface area contributed by atoms with Gasteiger partial charge >= 0.3 is 0 Å². The minimum Gasteiger partial charge on any atom is -0.361 e. The summed E-state index contributed by atoms with van der Waals surface area (Å²) in [6.07, 6.45) is 2.36. The number of amides is 3. The van der Waals surface area contributed by atoms with Crippen LogP contribution in [0.25, 0.3) is 10.9 Å². The number of imide groups is 1. The highest BCUT2D eigenvalue weighted by Gasteiger charge is 2.70. The van der Waals surface area contributed by atoms with Crippen molar-refractivity contribution in [2.45, 2.75) is 24.9 Å². The van der Waals surface area contributed by atoms with Crippen molar-refractivity contribution in [3.05, 3.63) is 95.4 Å². The lowest BCUT2D eigenvalue weighted by molar-refractivity contribution is -0.130. The summed E-state index contributed by atoms with van der Waals surface area (Å²) >= 11 is 0. The van der Waals surface area contributed by atoms with E-state index in [1.165, 1.54) is 24.3 Å². The Balaban J connectivity index is 1.38.